The van der Waals surface area contributed by atoms with E-state index in [-0.39, 0.29) is 12.5 Å². The number of rotatable bonds is 11. The van der Waals surface area contributed by atoms with Crippen molar-refractivity contribution in [3.63, 3.8) is 0 Å². The number of ether oxygens (including phenoxy) is 3. The van der Waals surface area contributed by atoms with Gasteiger partial charge in [0.2, 0.25) is 5.91 Å². The van der Waals surface area contributed by atoms with Crippen LogP contribution in [-0.2, 0) is 24.3 Å². The molecule has 1 aliphatic rings. The van der Waals surface area contributed by atoms with Crippen LogP contribution in [0.1, 0.15) is 34.0 Å². The number of carbonyl (C=O) groups is 2. The number of carboxylic acid groups (broad SMARTS) is 1. The van der Waals surface area contributed by atoms with Crippen molar-refractivity contribution in [1.82, 2.24) is 10.2 Å². The second-order valence-corrected chi connectivity index (χ2v) is 9.05. The maximum atomic E-state index is 11.6. The Bertz CT molecular complexity index is 1230. The third-order valence-corrected chi connectivity index (χ3v) is 6.26. The molecule has 0 aromatic heterocycles. The fraction of sp³-hybridized carbons (Fsp3) is 0.333. The SMILES string of the molecule is COc1ccc(CCNCC(O)COc2cccc3c2CN(C(C)=O)C3)cc1OC.O=C(O)c1ccccc1. The van der Waals surface area contributed by atoms with E-state index in [9.17, 15) is 14.7 Å². The molecule has 208 valence electrons. The van der Waals surface area contributed by atoms with Crippen molar-refractivity contribution in [3.05, 3.63) is 89.0 Å². The molecule has 1 atom stereocenters. The summed E-state index contributed by atoms with van der Waals surface area (Å²) in [6.45, 7) is 4.09. The monoisotopic (exact) mass is 536 g/mol. The normalized spacial score (nSPS) is 12.6. The van der Waals surface area contributed by atoms with Crippen LogP contribution in [0.4, 0.5) is 0 Å². The molecular weight excluding hydrogens is 500 g/mol. The molecule has 39 heavy (non-hydrogen) atoms. The number of aliphatic hydroxyl groups is 1. The van der Waals surface area contributed by atoms with Crippen molar-refractivity contribution in [2.24, 2.45) is 0 Å². The van der Waals surface area contributed by atoms with Crippen molar-refractivity contribution in [2.45, 2.75) is 32.5 Å². The number of amides is 1. The van der Waals surface area contributed by atoms with E-state index in [1.165, 1.54) is 0 Å². The molecule has 0 saturated carbocycles. The van der Waals surface area contributed by atoms with Crippen LogP contribution in [0, 0.1) is 0 Å². The minimum Gasteiger partial charge on any atom is -0.493 e. The Morgan fingerprint density at radius 1 is 0.949 bits per heavy atom. The first-order valence-corrected chi connectivity index (χ1v) is 12.7. The molecule has 3 N–H and O–H groups in total. The minimum atomic E-state index is -0.879. The molecule has 1 heterocycles. The second-order valence-electron chi connectivity index (χ2n) is 9.05. The van der Waals surface area contributed by atoms with Crippen LogP contribution < -0.4 is 19.5 Å². The Labute approximate surface area is 228 Å². The first-order chi connectivity index (χ1) is 18.8. The zero-order valence-corrected chi connectivity index (χ0v) is 22.6. The van der Waals surface area contributed by atoms with E-state index in [4.69, 9.17) is 19.3 Å². The molecule has 0 aliphatic carbocycles. The summed E-state index contributed by atoms with van der Waals surface area (Å²) in [5.74, 6) is 1.33. The highest BCUT2D eigenvalue weighted by atomic mass is 16.5. The molecular formula is C30H36N2O7. The topological polar surface area (TPSA) is 118 Å². The maximum absolute atomic E-state index is 11.6. The number of hydrogen-bond donors (Lipinski definition) is 3. The van der Waals surface area contributed by atoms with Crippen LogP contribution >= 0.6 is 0 Å². The average Bonchev–Trinajstić information content (AvgIpc) is 3.40. The Hall–Kier alpha value is -4.08. The van der Waals surface area contributed by atoms with Crippen LogP contribution in [0.5, 0.6) is 17.2 Å². The zero-order valence-electron chi connectivity index (χ0n) is 22.6. The molecule has 1 unspecified atom stereocenters. The number of hydrogen-bond acceptors (Lipinski definition) is 7. The molecule has 4 rings (SSSR count). The van der Waals surface area contributed by atoms with E-state index in [1.807, 2.05) is 36.4 Å². The van der Waals surface area contributed by atoms with Crippen molar-refractivity contribution in [3.8, 4) is 17.2 Å². The number of aromatic carboxylic acids is 1. The Balaban J connectivity index is 0.000000395. The zero-order chi connectivity index (χ0) is 28.2. The van der Waals surface area contributed by atoms with Gasteiger partial charge in [-0.15, -0.1) is 0 Å². The quantitative estimate of drug-likeness (QED) is 0.319. The minimum absolute atomic E-state index is 0.0517. The van der Waals surface area contributed by atoms with Gasteiger partial charge < -0.3 is 34.6 Å². The van der Waals surface area contributed by atoms with E-state index < -0.39 is 12.1 Å². The van der Waals surface area contributed by atoms with E-state index in [0.29, 0.717) is 36.7 Å². The molecule has 0 bridgehead atoms. The van der Waals surface area contributed by atoms with Gasteiger partial charge in [0.25, 0.3) is 0 Å². The second kappa shape index (κ2) is 14.8. The summed E-state index contributed by atoms with van der Waals surface area (Å²) < 4.78 is 16.4. The van der Waals surface area contributed by atoms with Gasteiger partial charge in [-0.3, -0.25) is 4.79 Å². The van der Waals surface area contributed by atoms with Crippen molar-refractivity contribution in [2.75, 3.05) is 33.9 Å². The standard InChI is InChI=1S/C23H30N2O5.C7H6O2/c1-16(26)25-13-18-5-4-6-21(20(18)14-25)30-15-19(27)12-24-10-9-17-7-8-22(28-2)23(11-17)29-3;8-7(9)6-4-2-1-3-5-6/h4-8,11,19,24,27H,9-10,12-15H2,1-3H3;1-5H,(H,8,9). The number of methoxy groups -OCH3 is 2. The fourth-order valence-corrected chi connectivity index (χ4v) is 4.11. The van der Waals surface area contributed by atoms with Gasteiger partial charge in [-0.1, -0.05) is 36.4 Å². The molecule has 1 aliphatic heterocycles. The number of aliphatic hydroxyl groups excluding tert-OH is 1. The van der Waals surface area contributed by atoms with E-state index in [0.717, 1.165) is 35.4 Å². The van der Waals surface area contributed by atoms with Crippen LogP contribution in [0.3, 0.4) is 0 Å². The van der Waals surface area contributed by atoms with Crippen LogP contribution in [-0.4, -0.2) is 67.0 Å². The van der Waals surface area contributed by atoms with Gasteiger partial charge in [-0.05, 0) is 54.4 Å². The Kier molecular flexibility index (Phi) is 11.1. The molecule has 9 heteroatoms. The van der Waals surface area contributed by atoms with Gasteiger partial charge in [-0.2, -0.15) is 0 Å². The maximum Gasteiger partial charge on any atom is 0.335 e. The molecule has 0 saturated heterocycles. The number of carboxylic acids is 1. The summed E-state index contributed by atoms with van der Waals surface area (Å²) in [5.41, 5.74) is 3.59. The summed E-state index contributed by atoms with van der Waals surface area (Å²) >= 11 is 0. The summed E-state index contributed by atoms with van der Waals surface area (Å²) in [6, 6.07) is 20.0. The number of fused-ring (bicyclic) bond motifs is 1. The molecule has 3 aromatic carbocycles. The summed E-state index contributed by atoms with van der Waals surface area (Å²) in [4.78, 5) is 23.6. The first-order valence-electron chi connectivity index (χ1n) is 12.7. The van der Waals surface area contributed by atoms with Gasteiger partial charge in [0.1, 0.15) is 18.5 Å². The van der Waals surface area contributed by atoms with Crippen LogP contribution in [0.15, 0.2) is 66.7 Å². The summed E-state index contributed by atoms with van der Waals surface area (Å²) in [7, 11) is 3.24. The first kappa shape index (κ1) is 29.5. The highest BCUT2D eigenvalue weighted by Gasteiger charge is 2.24. The predicted molar refractivity (Wildman–Crippen MR) is 147 cm³/mol. The Morgan fingerprint density at radius 3 is 2.33 bits per heavy atom. The van der Waals surface area contributed by atoms with Gasteiger partial charge in [-0.25, -0.2) is 4.79 Å². The summed E-state index contributed by atoms with van der Waals surface area (Å²) in [6.07, 6.45) is 0.178. The largest absolute Gasteiger partial charge is 0.493 e. The molecule has 0 radical (unpaired) electrons. The predicted octanol–water partition coefficient (Wildman–Crippen LogP) is 3.52. The van der Waals surface area contributed by atoms with E-state index in [1.54, 1.807) is 56.4 Å². The number of nitrogens with one attached hydrogen (secondary N) is 1. The van der Waals surface area contributed by atoms with Gasteiger partial charge >= 0.3 is 5.97 Å². The van der Waals surface area contributed by atoms with Gasteiger partial charge in [0, 0.05) is 32.1 Å². The fourth-order valence-electron chi connectivity index (χ4n) is 4.11. The highest BCUT2D eigenvalue weighted by Crippen LogP contribution is 2.31. The average molecular weight is 537 g/mol. The van der Waals surface area contributed by atoms with E-state index in [2.05, 4.69) is 5.32 Å². The van der Waals surface area contributed by atoms with Crippen molar-refractivity contribution in [1.29, 1.82) is 0 Å². The number of benzene rings is 3. The van der Waals surface area contributed by atoms with Crippen molar-refractivity contribution < 1.29 is 34.0 Å². The lowest BCUT2D eigenvalue weighted by Crippen LogP contribution is -2.32. The molecule has 0 fully saturated rings. The van der Waals surface area contributed by atoms with Crippen LogP contribution in [0.25, 0.3) is 0 Å². The lowest BCUT2D eigenvalue weighted by molar-refractivity contribution is -0.129. The molecule has 3 aromatic rings. The van der Waals surface area contributed by atoms with E-state index >= 15 is 0 Å². The number of nitrogens with zero attached hydrogens (tertiary/aromatic N) is 1. The van der Waals surface area contributed by atoms with Crippen molar-refractivity contribution >= 4 is 11.9 Å². The third kappa shape index (κ3) is 8.73. The summed E-state index contributed by atoms with van der Waals surface area (Å²) in [5, 5.41) is 21.9. The third-order valence-electron chi connectivity index (χ3n) is 6.26. The lowest BCUT2D eigenvalue weighted by atomic mass is 10.1. The Morgan fingerprint density at radius 2 is 1.69 bits per heavy atom. The molecule has 1 amide bonds. The van der Waals surface area contributed by atoms with Gasteiger partial charge in [0.15, 0.2) is 11.5 Å². The molecule has 0 spiro atoms. The lowest BCUT2D eigenvalue weighted by Gasteiger charge is -2.16. The van der Waals surface area contributed by atoms with Crippen LogP contribution in [0.2, 0.25) is 0 Å². The molecule has 9 nitrogen and oxygen atoms in total. The number of carbonyl (C=O) groups excluding carboxylic acids is 1. The van der Waals surface area contributed by atoms with Gasteiger partial charge in [0.05, 0.1) is 19.8 Å². The highest BCUT2D eigenvalue weighted by molar-refractivity contribution is 5.87. The smallest absolute Gasteiger partial charge is 0.335 e.